The number of H-pyrrole nitrogens is 1. The number of aromatic amines is 1. The minimum Gasteiger partial charge on any atom is -0.351 e. The lowest BCUT2D eigenvalue weighted by atomic mass is 10.1. The molecule has 3 aromatic rings. The number of thiocarbonyl (C=S) groups is 2. The van der Waals surface area contributed by atoms with Gasteiger partial charge >= 0.3 is 0 Å². The zero-order valence-corrected chi connectivity index (χ0v) is 18.4. The summed E-state index contributed by atoms with van der Waals surface area (Å²) in [5.41, 5.74) is 3.62. The van der Waals surface area contributed by atoms with Gasteiger partial charge in [-0.1, -0.05) is 61.5 Å². The highest BCUT2D eigenvalue weighted by atomic mass is 35.5. The van der Waals surface area contributed by atoms with Crippen molar-refractivity contribution in [3.05, 3.63) is 34.3 Å². The molecule has 0 radical (unpaired) electrons. The van der Waals surface area contributed by atoms with Gasteiger partial charge in [-0.2, -0.15) is 0 Å². The van der Waals surface area contributed by atoms with Crippen molar-refractivity contribution in [2.24, 2.45) is 0 Å². The maximum absolute atomic E-state index is 6.38. The van der Waals surface area contributed by atoms with Crippen molar-refractivity contribution in [3.8, 4) is 0 Å². The van der Waals surface area contributed by atoms with E-state index in [-0.39, 0.29) is 0 Å². The number of halogens is 2. The molecule has 2 aromatic carbocycles. The first-order valence-corrected chi connectivity index (χ1v) is 10.5. The van der Waals surface area contributed by atoms with E-state index in [1.54, 1.807) is 0 Å². The van der Waals surface area contributed by atoms with Crippen LogP contribution in [-0.4, -0.2) is 15.0 Å². The fraction of sp³-hybridized carbons (Fsp3) is 0.300. The van der Waals surface area contributed by atoms with E-state index < -0.39 is 0 Å². The Morgan fingerprint density at radius 2 is 1.22 bits per heavy atom. The average Bonchev–Trinajstić information content (AvgIpc) is 2.94. The van der Waals surface area contributed by atoms with Crippen molar-refractivity contribution in [1.29, 1.82) is 0 Å². The van der Waals surface area contributed by atoms with Crippen LogP contribution in [-0.2, 0) is 0 Å². The first kappa shape index (κ1) is 20.3. The SMILES string of the molecule is CCCC(=S)Nc1cc(Cl)cc2c1[nH]c1c(NC(=S)CCC)cc(Cl)cc12. The number of rotatable bonds is 6. The molecular weight excluding hydrogens is 417 g/mol. The van der Waals surface area contributed by atoms with Crippen LogP contribution in [0.15, 0.2) is 24.3 Å². The Bertz CT molecular complexity index is 947. The Morgan fingerprint density at radius 3 is 1.59 bits per heavy atom. The molecule has 0 aliphatic heterocycles. The second kappa shape index (κ2) is 8.74. The second-order valence-electron chi connectivity index (χ2n) is 6.47. The lowest BCUT2D eigenvalue weighted by Crippen LogP contribution is -2.09. The van der Waals surface area contributed by atoms with Gasteiger partial charge in [0.05, 0.1) is 32.4 Å². The zero-order chi connectivity index (χ0) is 19.6. The molecule has 7 heteroatoms. The molecule has 0 aliphatic carbocycles. The molecule has 1 heterocycles. The van der Waals surface area contributed by atoms with E-state index in [2.05, 4.69) is 29.5 Å². The van der Waals surface area contributed by atoms with Gasteiger partial charge < -0.3 is 15.6 Å². The minimum absolute atomic E-state index is 0.640. The lowest BCUT2D eigenvalue weighted by molar-refractivity contribution is 1.00. The molecule has 0 fully saturated rings. The average molecular weight is 438 g/mol. The van der Waals surface area contributed by atoms with E-state index in [1.807, 2.05) is 24.3 Å². The number of hydrogen-bond acceptors (Lipinski definition) is 2. The van der Waals surface area contributed by atoms with Gasteiger partial charge in [0.15, 0.2) is 0 Å². The zero-order valence-electron chi connectivity index (χ0n) is 15.2. The first-order chi connectivity index (χ1) is 12.9. The van der Waals surface area contributed by atoms with Gasteiger partial charge in [-0.25, -0.2) is 0 Å². The molecule has 0 amide bonds. The van der Waals surface area contributed by atoms with Crippen LogP contribution in [0.4, 0.5) is 11.4 Å². The molecule has 3 rings (SSSR count). The van der Waals surface area contributed by atoms with E-state index in [0.717, 1.165) is 68.8 Å². The number of fused-ring (bicyclic) bond motifs is 3. The molecule has 3 nitrogen and oxygen atoms in total. The fourth-order valence-corrected chi connectivity index (χ4v) is 4.17. The van der Waals surface area contributed by atoms with E-state index in [4.69, 9.17) is 47.6 Å². The van der Waals surface area contributed by atoms with Crippen LogP contribution < -0.4 is 10.6 Å². The number of benzene rings is 2. The minimum atomic E-state index is 0.640. The maximum atomic E-state index is 6.38. The Balaban J connectivity index is 2.17. The monoisotopic (exact) mass is 437 g/mol. The Labute approximate surface area is 179 Å². The van der Waals surface area contributed by atoms with E-state index >= 15 is 0 Å². The molecule has 3 N–H and O–H groups in total. The van der Waals surface area contributed by atoms with Crippen molar-refractivity contribution in [2.75, 3.05) is 10.6 Å². The normalized spacial score (nSPS) is 11.1. The number of aromatic nitrogens is 1. The van der Waals surface area contributed by atoms with Crippen LogP contribution in [0.2, 0.25) is 10.0 Å². The summed E-state index contributed by atoms with van der Waals surface area (Å²) in [7, 11) is 0. The summed E-state index contributed by atoms with van der Waals surface area (Å²) >= 11 is 23.6. The van der Waals surface area contributed by atoms with E-state index in [1.165, 1.54) is 0 Å². The van der Waals surface area contributed by atoms with Gasteiger partial charge in [0.2, 0.25) is 0 Å². The smallest absolute Gasteiger partial charge is 0.0797 e. The lowest BCUT2D eigenvalue weighted by Gasteiger charge is -2.09. The van der Waals surface area contributed by atoms with Gasteiger partial charge in [-0.15, -0.1) is 0 Å². The van der Waals surface area contributed by atoms with Crippen LogP contribution in [0, 0.1) is 0 Å². The predicted molar refractivity (Wildman–Crippen MR) is 128 cm³/mol. The molecule has 0 atom stereocenters. The molecule has 27 heavy (non-hydrogen) atoms. The largest absolute Gasteiger partial charge is 0.351 e. The first-order valence-electron chi connectivity index (χ1n) is 8.97. The standard InChI is InChI=1S/C20H21Cl2N3S2/c1-3-5-17(26)23-15-9-11(21)7-13-14-8-12(22)10-16(20(14)25-19(13)15)24-18(27)6-4-2/h7-10,25H,3-6H2,1-2H3,(H,23,26)(H,24,27). The van der Waals surface area contributed by atoms with Crippen LogP contribution in [0.1, 0.15) is 39.5 Å². The third-order valence-electron chi connectivity index (χ3n) is 4.25. The molecule has 0 saturated carbocycles. The van der Waals surface area contributed by atoms with Crippen molar-refractivity contribution in [3.63, 3.8) is 0 Å². The van der Waals surface area contributed by atoms with Crippen molar-refractivity contribution in [2.45, 2.75) is 39.5 Å². The van der Waals surface area contributed by atoms with Crippen molar-refractivity contribution in [1.82, 2.24) is 4.98 Å². The fourth-order valence-electron chi connectivity index (χ4n) is 3.11. The van der Waals surface area contributed by atoms with Crippen LogP contribution in [0.25, 0.3) is 21.8 Å². The molecule has 0 spiro atoms. The number of nitrogens with one attached hydrogen (secondary N) is 3. The molecule has 0 unspecified atom stereocenters. The van der Waals surface area contributed by atoms with Gasteiger partial charge in [-0.3, -0.25) is 0 Å². The van der Waals surface area contributed by atoms with Crippen molar-refractivity contribution < 1.29 is 0 Å². The highest BCUT2D eigenvalue weighted by Crippen LogP contribution is 2.38. The predicted octanol–water partition coefficient (Wildman–Crippen LogP) is 7.71. The maximum Gasteiger partial charge on any atom is 0.0797 e. The summed E-state index contributed by atoms with van der Waals surface area (Å²) in [6.45, 7) is 4.20. The Kier molecular flexibility index (Phi) is 6.58. The Morgan fingerprint density at radius 1 is 0.815 bits per heavy atom. The molecule has 0 saturated heterocycles. The molecule has 0 aliphatic rings. The highest BCUT2D eigenvalue weighted by molar-refractivity contribution is 7.80. The molecule has 0 bridgehead atoms. The molecule has 1 aromatic heterocycles. The van der Waals surface area contributed by atoms with Crippen molar-refractivity contribution >= 4 is 90.8 Å². The van der Waals surface area contributed by atoms with E-state index in [9.17, 15) is 0 Å². The third-order valence-corrected chi connectivity index (χ3v) is 5.30. The van der Waals surface area contributed by atoms with Gasteiger partial charge in [0.1, 0.15) is 0 Å². The summed E-state index contributed by atoms with van der Waals surface area (Å²) in [5.74, 6) is 0. The topological polar surface area (TPSA) is 39.9 Å². The van der Waals surface area contributed by atoms with Crippen LogP contribution in [0.3, 0.4) is 0 Å². The summed E-state index contributed by atoms with van der Waals surface area (Å²) in [5, 5.41) is 9.90. The highest BCUT2D eigenvalue weighted by Gasteiger charge is 2.15. The third kappa shape index (κ3) is 4.54. The van der Waals surface area contributed by atoms with E-state index in [0.29, 0.717) is 10.0 Å². The quantitative estimate of drug-likeness (QED) is 0.345. The summed E-state index contributed by atoms with van der Waals surface area (Å²) in [6, 6.07) is 7.65. The van der Waals surface area contributed by atoms with Gasteiger partial charge in [0, 0.05) is 20.8 Å². The number of anilines is 2. The molecule has 142 valence electrons. The molecular formula is C20H21Cl2N3S2. The number of hydrogen-bond donors (Lipinski definition) is 3. The van der Waals surface area contributed by atoms with Crippen LogP contribution >= 0.6 is 47.6 Å². The van der Waals surface area contributed by atoms with Gasteiger partial charge in [0.25, 0.3) is 0 Å². The summed E-state index contributed by atoms with van der Waals surface area (Å²) in [4.78, 5) is 5.09. The second-order valence-corrected chi connectivity index (χ2v) is 8.33. The Hall–Kier alpha value is -1.40. The summed E-state index contributed by atoms with van der Waals surface area (Å²) in [6.07, 6.45) is 3.63. The van der Waals surface area contributed by atoms with Gasteiger partial charge in [-0.05, 0) is 49.9 Å². The summed E-state index contributed by atoms with van der Waals surface area (Å²) < 4.78 is 0. The van der Waals surface area contributed by atoms with Crippen LogP contribution in [0.5, 0.6) is 0 Å².